The quantitative estimate of drug-likeness (QED) is 0.651. The van der Waals surface area contributed by atoms with Gasteiger partial charge in [0.05, 0.1) is 6.66 Å². The fourth-order valence-corrected chi connectivity index (χ4v) is 2.86. The van der Waals surface area contributed by atoms with Crippen LogP contribution >= 0.6 is 7.60 Å². The molecule has 0 radical (unpaired) electrons. The third-order valence-corrected chi connectivity index (χ3v) is 3.97. The van der Waals surface area contributed by atoms with Crippen molar-refractivity contribution in [1.29, 1.82) is 0 Å². The van der Waals surface area contributed by atoms with Crippen LogP contribution in [0.2, 0.25) is 0 Å². The maximum absolute atomic E-state index is 13.8. The highest BCUT2D eigenvalue weighted by atomic mass is 31.2. The zero-order chi connectivity index (χ0) is 17.0. The third-order valence-electron chi connectivity index (χ3n) is 2.91. The molecule has 0 heterocycles. The largest absolute Gasteiger partial charge is 0.427 e. The molecule has 0 atom stereocenters. The molecule has 0 amide bonds. The molecule has 0 aromatic heterocycles. The lowest BCUT2D eigenvalue weighted by atomic mass is 10.2. The van der Waals surface area contributed by atoms with Gasteiger partial charge in [-0.05, 0) is 35.4 Å². The first-order valence-corrected chi connectivity index (χ1v) is 8.64. The third kappa shape index (κ3) is 4.30. The summed E-state index contributed by atoms with van der Waals surface area (Å²) in [5.74, 6) is -1.92. The van der Waals surface area contributed by atoms with Crippen LogP contribution in [0.25, 0.3) is 12.2 Å². The van der Waals surface area contributed by atoms with Crippen molar-refractivity contribution >= 4 is 19.7 Å². The monoisotopic (exact) mass is 336 g/mol. The molecular formula is C17H15F2O3P. The van der Waals surface area contributed by atoms with Crippen molar-refractivity contribution in [2.45, 2.75) is 0 Å². The number of hydrogen-bond acceptors (Lipinski definition) is 3. The molecule has 3 nitrogen and oxygen atoms in total. The number of halogens is 2. The molecule has 0 saturated carbocycles. The van der Waals surface area contributed by atoms with E-state index in [1.54, 1.807) is 12.1 Å². The highest BCUT2D eigenvalue weighted by Gasteiger charge is 2.24. The molecule has 6 heteroatoms. The second kappa shape index (κ2) is 6.80. The van der Waals surface area contributed by atoms with Gasteiger partial charge in [0.15, 0.2) is 23.1 Å². The van der Waals surface area contributed by atoms with Gasteiger partial charge in [-0.15, -0.1) is 0 Å². The van der Waals surface area contributed by atoms with E-state index in [0.717, 1.165) is 6.66 Å². The van der Waals surface area contributed by atoms with E-state index in [9.17, 15) is 13.3 Å². The SMILES string of the molecule is C=Cc1ccc(OP(C)(=O)Oc2ccc(C=C)cc2F)c(F)c1. The molecule has 0 bridgehead atoms. The molecule has 0 aliphatic carbocycles. The molecule has 23 heavy (non-hydrogen) atoms. The van der Waals surface area contributed by atoms with Crippen LogP contribution in [0.4, 0.5) is 8.78 Å². The molecule has 2 aromatic rings. The van der Waals surface area contributed by atoms with Gasteiger partial charge >= 0.3 is 7.60 Å². The van der Waals surface area contributed by atoms with Gasteiger partial charge in [-0.1, -0.05) is 37.4 Å². The second-order valence-electron chi connectivity index (χ2n) is 4.74. The van der Waals surface area contributed by atoms with Crippen molar-refractivity contribution in [3.63, 3.8) is 0 Å². The minimum Gasteiger partial charge on any atom is -0.413 e. The summed E-state index contributed by atoms with van der Waals surface area (Å²) in [4.78, 5) is 0. The van der Waals surface area contributed by atoms with Crippen LogP contribution in [0, 0.1) is 11.6 Å². The maximum atomic E-state index is 13.8. The smallest absolute Gasteiger partial charge is 0.413 e. The molecule has 2 rings (SSSR count). The Morgan fingerprint density at radius 1 is 0.913 bits per heavy atom. The van der Waals surface area contributed by atoms with Crippen molar-refractivity contribution in [1.82, 2.24) is 0 Å². The van der Waals surface area contributed by atoms with E-state index in [-0.39, 0.29) is 11.5 Å². The predicted molar refractivity (Wildman–Crippen MR) is 87.8 cm³/mol. The van der Waals surface area contributed by atoms with Crippen LogP contribution in [0.5, 0.6) is 11.5 Å². The predicted octanol–water partition coefficient (Wildman–Crippen LogP) is 5.53. The molecule has 0 saturated heterocycles. The van der Waals surface area contributed by atoms with Crippen molar-refractivity contribution < 1.29 is 22.4 Å². The first-order chi connectivity index (χ1) is 10.8. The number of rotatable bonds is 6. The summed E-state index contributed by atoms with van der Waals surface area (Å²) in [7, 11) is -3.77. The van der Waals surface area contributed by atoms with E-state index in [1.807, 2.05) is 0 Å². The van der Waals surface area contributed by atoms with E-state index in [0.29, 0.717) is 11.1 Å². The van der Waals surface area contributed by atoms with Crippen molar-refractivity contribution in [3.8, 4) is 11.5 Å². The van der Waals surface area contributed by atoms with Crippen LogP contribution < -0.4 is 9.05 Å². The standard InChI is InChI=1S/C17H15F2O3P/c1-4-12-6-8-16(14(18)10-12)21-23(3,20)22-17-9-7-13(5-2)11-15(17)19/h4-11H,1-2H2,3H3. The summed E-state index contributed by atoms with van der Waals surface area (Å²) >= 11 is 0. The van der Waals surface area contributed by atoms with Gasteiger partial charge in [-0.3, -0.25) is 0 Å². The molecule has 2 aromatic carbocycles. The normalized spacial score (nSPS) is 10.9. The molecular weight excluding hydrogens is 321 g/mol. The van der Waals surface area contributed by atoms with E-state index in [2.05, 4.69) is 13.2 Å². The summed E-state index contributed by atoms with van der Waals surface area (Å²) in [6, 6.07) is 8.07. The first-order valence-electron chi connectivity index (χ1n) is 6.65. The Balaban J connectivity index is 2.20. The van der Waals surface area contributed by atoms with Gasteiger partial charge in [-0.25, -0.2) is 13.3 Å². The first kappa shape index (κ1) is 17.0. The highest BCUT2D eigenvalue weighted by molar-refractivity contribution is 7.53. The Morgan fingerprint density at radius 3 is 1.61 bits per heavy atom. The molecule has 0 unspecified atom stereocenters. The Bertz CT molecular complexity index is 739. The Labute approximate surface area is 133 Å². The average Bonchev–Trinajstić information content (AvgIpc) is 2.51. The minimum atomic E-state index is -3.77. The van der Waals surface area contributed by atoms with Crippen molar-refractivity contribution in [2.75, 3.05) is 6.66 Å². The fourth-order valence-electron chi connectivity index (χ4n) is 1.81. The molecule has 0 N–H and O–H groups in total. The fraction of sp³-hybridized carbons (Fsp3) is 0.0588. The van der Waals surface area contributed by atoms with Gasteiger partial charge in [0.2, 0.25) is 0 Å². The summed E-state index contributed by atoms with van der Waals surface area (Å²) in [6.45, 7) is 8.17. The van der Waals surface area contributed by atoms with Gasteiger partial charge in [0.25, 0.3) is 0 Å². The lowest BCUT2D eigenvalue weighted by Crippen LogP contribution is -2.02. The number of hydrogen-bond donors (Lipinski definition) is 0. The summed E-state index contributed by atoms with van der Waals surface area (Å²) in [6.07, 6.45) is 2.93. The summed E-state index contributed by atoms with van der Waals surface area (Å²) < 4.78 is 50.2. The van der Waals surface area contributed by atoms with Gasteiger partial charge < -0.3 is 9.05 Å². The van der Waals surface area contributed by atoms with Crippen LogP contribution in [-0.4, -0.2) is 6.66 Å². The molecule has 120 valence electrons. The summed E-state index contributed by atoms with van der Waals surface area (Å²) in [5, 5.41) is 0. The summed E-state index contributed by atoms with van der Waals surface area (Å²) in [5.41, 5.74) is 1.10. The Hall–Kier alpha value is -2.39. The van der Waals surface area contributed by atoms with Crippen LogP contribution in [0.3, 0.4) is 0 Å². The molecule has 0 aliphatic rings. The lowest BCUT2D eigenvalue weighted by Gasteiger charge is -2.17. The van der Waals surface area contributed by atoms with E-state index in [4.69, 9.17) is 9.05 Å². The molecule has 0 spiro atoms. The minimum absolute atomic E-state index is 0.246. The Kier molecular flexibility index (Phi) is 5.02. The van der Waals surface area contributed by atoms with Gasteiger partial charge in [0, 0.05) is 0 Å². The van der Waals surface area contributed by atoms with Crippen LogP contribution in [-0.2, 0) is 4.57 Å². The maximum Gasteiger partial charge on any atom is 0.427 e. The van der Waals surface area contributed by atoms with E-state index >= 15 is 0 Å². The van der Waals surface area contributed by atoms with E-state index in [1.165, 1.54) is 36.4 Å². The second-order valence-corrected chi connectivity index (χ2v) is 6.65. The average molecular weight is 336 g/mol. The van der Waals surface area contributed by atoms with Gasteiger partial charge in [-0.2, -0.15) is 0 Å². The van der Waals surface area contributed by atoms with Crippen molar-refractivity contribution in [2.24, 2.45) is 0 Å². The number of benzene rings is 2. The van der Waals surface area contributed by atoms with E-state index < -0.39 is 19.2 Å². The lowest BCUT2D eigenvalue weighted by molar-refractivity contribution is 0.373. The molecule has 0 fully saturated rings. The Morgan fingerprint density at radius 2 is 1.30 bits per heavy atom. The highest BCUT2D eigenvalue weighted by Crippen LogP contribution is 2.46. The topological polar surface area (TPSA) is 35.5 Å². The van der Waals surface area contributed by atoms with Crippen molar-refractivity contribution in [3.05, 3.63) is 72.3 Å². The van der Waals surface area contributed by atoms with Crippen LogP contribution in [0.1, 0.15) is 11.1 Å². The van der Waals surface area contributed by atoms with Crippen LogP contribution in [0.15, 0.2) is 49.6 Å². The molecule has 0 aliphatic heterocycles. The zero-order valence-corrected chi connectivity index (χ0v) is 13.4. The zero-order valence-electron chi connectivity index (χ0n) is 12.5. The van der Waals surface area contributed by atoms with Gasteiger partial charge in [0.1, 0.15) is 0 Å².